The molecule has 0 aliphatic carbocycles. The molecule has 0 saturated carbocycles. The number of hydrogen-bond acceptors (Lipinski definition) is 3. The molecule has 1 aromatic carbocycles. The maximum absolute atomic E-state index is 5.63. The fourth-order valence-electron chi connectivity index (χ4n) is 2.41. The average Bonchev–Trinajstić information content (AvgIpc) is 2.68. The molecule has 4 nitrogen and oxygen atoms in total. The lowest BCUT2D eigenvalue weighted by atomic mass is 10.0. The molecule has 0 radical (unpaired) electrons. The topological polar surface area (TPSA) is 53.1 Å². The Bertz CT molecular complexity index is 635. The molecule has 0 spiro atoms. The number of nitrogens with two attached hydrogens (primary N) is 1. The molecule has 2 rings (SSSR count). The lowest BCUT2D eigenvalue weighted by Gasteiger charge is -2.12. The molecule has 0 fully saturated rings. The smallest absolute Gasteiger partial charge is 0.122 e. The molecule has 0 unspecified atom stereocenters. The average molecular weight is 338 g/mol. The molecule has 0 atom stereocenters. The van der Waals surface area contributed by atoms with Crippen molar-refractivity contribution in [1.82, 2.24) is 9.78 Å². The van der Waals surface area contributed by atoms with Gasteiger partial charge in [-0.1, -0.05) is 0 Å². The van der Waals surface area contributed by atoms with Gasteiger partial charge in [0.2, 0.25) is 0 Å². The lowest BCUT2D eigenvalue weighted by Crippen LogP contribution is -2.04. The number of aromatic nitrogens is 2. The fraction of sp³-hybridized carbons (Fsp3) is 0.400. The van der Waals surface area contributed by atoms with Crippen molar-refractivity contribution in [2.75, 3.05) is 13.7 Å². The summed E-state index contributed by atoms with van der Waals surface area (Å²) < 4.78 is 8.30. The van der Waals surface area contributed by atoms with E-state index < -0.39 is 0 Å². The van der Waals surface area contributed by atoms with Gasteiger partial charge in [-0.15, -0.1) is 0 Å². The third kappa shape index (κ3) is 2.60. The molecule has 0 saturated heterocycles. The number of hydrogen-bond donors (Lipinski definition) is 1. The van der Waals surface area contributed by atoms with Gasteiger partial charge in [0.25, 0.3) is 0 Å². The summed E-state index contributed by atoms with van der Waals surface area (Å²) in [4.78, 5) is 0. The minimum Gasteiger partial charge on any atom is -0.496 e. The van der Waals surface area contributed by atoms with Gasteiger partial charge in [0.1, 0.15) is 5.75 Å². The van der Waals surface area contributed by atoms with Gasteiger partial charge < -0.3 is 10.5 Å². The molecule has 1 heterocycles. The number of halogens is 1. The van der Waals surface area contributed by atoms with Gasteiger partial charge in [0.05, 0.1) is 23.0 Å². The van der Waals surface area contributed by atoms with Crippen molar-refractivity contribution in [1.29, 1.82) is 0 Å². The van der Waals surface area contributed by atoms with Crippen LogP contribution in [0.25, 0.3) is 11.3 Å². The van der Waals surface area contributed by atoms with Crippen LogP contribution in [0.3, 0.4) is 0 Å². The van der Waals surface area contributed by atoms with Crippen molar-refractivity contribution >= 4 is 15.9 Å². The van der Waals surface area contributed by atoms with Crippen molar-refractivity contribution < 1.29 is 4.74 Å². The number of ether oxygens (including phenoxy) is 1. The maximum atomic E-state index is 5.63. The van der Waals surface area contributed by atoms with Gasteiger partial charge in [-0.2, -0.15) is 5.10 Å². The van der Waals surface area contributed by atoms with Crippen LogP contribution in [0.1, 0.15) is 16.8 Å². The zero-order valence-corrected chi connectivity index (χ0v) is 13.9. The number of methoxy groups -OCH3 is 1. The molecule has 108 valence electrons. The monoisotopic (exact) mass is 337 g/mol. The maximum Gasteiger partial charge on any atom is 0.122 e. The quantitative estimate of drug-likeness (QED) is 0.932. The van der Waals surface area contributed by atoms with E-state index >= 15 is 0 Å². The molecule has 20 heavy (non-hydrogen) atoms. The van der Waals surface area contributed by atoms with Gasteiger partial charge in [-0.05, 0) is 59.6 Å². The highest BCUT2D eigenvalue weighted by Crippen LogP contribution is 2.35. The predicted octanol–water partition coefficient (Wildman–Crippen LogP) is 2.98. The van der Waals surface area contributed by atoms with Gasteiger partial charge in [-0.3, -0.25) is 4.68 Å². The first-order chi connectivity index (χ1) is 9.49. The van der Waals surface area contributed by atoms with Gasteiger partial charge in [-0.25, -0.2) is 0 Å². The minimum atomic E-state index is 0.593. The second-order valence-electron chi connectivity index (χ2n) is 4.91. The Kier molecular flexibility index (Phi) is 4.50. The Balaban J connectivity index is 2.60. The zero-order chi connectivity index (χ0) is 14.9. The van der Waals surface area contributed by atoms with Gasteiger partial charge in [0.15, 0.2) is 0 Å². The molecule has 0 amide bonds. The van der Waals surface area contributed by atoms with Crippen LogP contribution in [0.5, 0.6) is 5.75 Å². The lowest BCUT2D eigenvalue weighted by molar-refractivity contribution is 0.411. The van der Waals surface area contributed by atoms with E-state index in [1.807, 2.05) is 18.7 Å². The molecule has 5 heteroatoms. The summed E-state index contributed by atoms with van der Waals surface area (Å²) in [5, 5.41) is 4.55. The second-order valence-corrected chi connectivity index (χ2v) is 5.70. The van der Waals surface area contributed by atoms with Crippen LogP contribution in [0.4, 0.5) is 0 Å². The number of nitrogens with zero attached hydrogens (tertiary/aromatic N) is 2. The van der Waals surface area contributed by atoms with Crippen LogP contribution in [0.15, 0.2) is 16.6 Å². The Morgan fingerprint density at radius 2 is 2.00 bits per heavy atom. The summed E-state index contributed by atoms with van der Waals surface area (Å²) in [6.07, 6.45) is 0.766. The molecular weight excluding hydrogens is 318 g/mol. The van der Waals surface area contributed by atoms with Gasteiger partial charge >= 0.3 is 0 Å². The van der Waals surface area contributed by atoms with Crippen molar-refractivity contribution in [2.24, 2.45) is 12.8 Å². The van der Waals surface area contributed by atoms with Crippen LogP contribution in [-0.4, -0.2) is 23.4 Å². The van der Waals surface area contributed by atoms with E-state index in [1.54, 1.807) is 7.11 Å². The largest absolute Gasteiger partial charge is 0.496 e. The van der Waals surface area contributed by atoms with Crippen LogP contribution in [-0.2, 0) is 13.5 Å². The molecule has 1 aromatic heterocycles. The summed E-state index contributed by atoms with van der Waals surface area (Å²) in [6, 6.07) is 4.20. The van der Waals surface area contributed by atoms with E-state index in [2.05, 4.69) is 40.1 Å². The summed E-state index contributed by atoms with van der Waals surface area (Å²) >= 11 is 3.66. The van der Waals surface area contributed by atoms with Gasteiger partial charge in [0, 0.05) is 19.0 Å². The second kappa shape index (κ2) is 5.97. The van der Waals surface area contributed by atoms with Crippen molar-refractivity contribution in [2.45, 2.75) is 20.3 Å². The first kappa shape index (κ1) is 15.1. The molecule has 2 aromatic rings. The Morgan fingerprint density at radius 1 is 1.30 bits per heavy atom. The highest BCUT2D eigenvalue weighted by molar-refractivity contribution is 9.10. The van der Waals surface area contributed by atoms with Crippen LogP contribution >= 0.6 is 15.9 Å². The number of aryl methyl sites for hydroxylation is 3. The third-order valence-corrected chi connectivity index (χ3v) is 4.27. The van der Waals surface area contributed by atoms with E-state index in [1.165, 1.54) is 0 Å². The molecule has 0 bridgehead atoms. The molecular formula is C15H20BrN3O. The SMILES string of the molecule is COc1cc(C)c(-c2c(Br)c(CCN)nn2C)cc1C. The summed E-state index contributed by atoms with van der Waals surface area (Å²) in [6.45, 7) is 4.72. The van der Waals surface area contributed by atoms with Crippen molar-refractivity contribution in [3.63, 3.8) is 0 Å². The van der Waals surface area contributed by atoms with Crippen LogP contribution < -0.4 is 10.5 Å². The van der Waals surface area contributed by atoms with E-state index in [-0.39, 0.29) is 0 Å². The third-order valence-electron chi connectivity index (χ3n) is 3.43. The number of benzene rings is 1. The predicted molar refractivity (Wildman–Crippen MR) is 85.1 cm³/mol. The normalized spacial score (nSPS) is 10.9. The number of rotatable bonds is 4. The first-order valence-electron chi connectivity index (χ1n) is 6.56. The van der Waals surface area contributed by atoms with E-state index in [4.69, 9.17) is 10.5 Å². The van der Waals surface area contributed by atoms with Crippen molar-refractivity contribution in [3.05, 3.63) is 33.4 Å². The standard InChI is InChI=1S/C15H20BrN3O/c1-9-8-13(20-4)10(2)7-11(9)15-14(16)12(5-6-17)18-19(15)3/h7-8H,5-6,17H2,1-4H3. The Labute approximate surface area is 128 Å². The van der Waals surface area contributed by atoms with Crippen molar-refractivity contribution in [3.8, 4) is 17.0 Å². The Morgan fingerprint density at radius 3 is 2.60 bits per heavy atom. The molecule has 0 aliphatic heterocycles. The van der Waals surface area contributed by atoms with E-state index in [9.17, 15) is 0 Å². The minimum absolute atomic E-state index is 0.593. The zero-order valence-electron chi connectivity index (χ0n) is 12.3. The van der Waals surface area contributed by atoms with Crippen LogP contribution in [0, 0.1) is 13.8 Å². The fourth-order valence-corrected chi connectivity index (χ4v) is 3.16. The summed E-state index contributed by atoms with van der Waals surface area (Å²) in [7, 11) is 3.65. The van der Waals surface area contributed by atoms with E-state index in [0.29, 0.717) is 6.54 Å². The summed E-state index contributed by atoms with van der Waals surface area (Å²) in [5.74, 6) is 0.909. The summed E-state index contributed by atoms with van der Waals surface area (Å²) in [5.41, 5.74) is 11.1. The molecule has 2 N–H and O–H groups in total. The Hall–Kier alpha value is -1.33. The highest BCUT2D eigenvalue weighted by Gasteiger charge is 2.17. The van der Waals surface area contributed by atoms with Crippen LogP contribution in [0.2, 0.25) is 0 Å². The molecule has 0 aliphatic rings. The highest BCUT2D eigenvalue weighted by atomic mass is 79.9. The first-order valence-corrected chi connectivity index (χ1v) is 7.36. The van der Waals surface area contributed by atoms with E-state index in [0.717, 1.165) is 44.7 Å².